The normalized spacial score (nSPS) is 14.9. The summed E-state index contributed by atoms with van der Waals surface area (Å²) in [6, 6.07) is 20.5. The van der Waals surface area contributed by atoms with E-state index in [9.17, 15) is 14.4 Å². The Hall–Kier alpha value is -3.91. The van der Waals surface area contributed by atoms with E-state index in [2.05, 4.69) is 21.2 Å². The summed E-state index contributed by atoms with van der Waals surface area (Å²) in [6.45, 7) is 0.315. The number of rotatable bonds is 6. The molecule has 1 fully saturated rings. The van der Waals surface area contributed by atoms with Crippen molar-refractivity contribution in [2.24, 2.45) is 0 Å². The van der Waals surface area contributed by atoms with Gasteiger partial charge in [-0.05, 0) is 54.1 Å². The second-order valence-corrected chi connectivity index (χ2v) is 8.03. The SMILES string of the molecule is COc1ccc(N2C(=O)NC(=O)/C(=C\c3cc(Br)ccc3OCc3ccccc3)C2=O)cc1. The predicted octanol–water partition coefficient (Wildman–Crippen LogP) is 4.70. The Kier molecular flexibility index (Phi) is 6.55. The zero-order chi connectivity index (χ0) is 23.4. The number of halogens is 1. The number of ether oxygens (including phenoxy) is 2. The molecule has 166 valence electrons. The van der Waals surface area contributed by atoms with Crippen molar-refractivity contribution in [1.82, 2.24) is 5.32 Å². The molecule has 4 amide bonds. The van der Waals surface area contributed by atoms with Gasteiger partial charge in [0.25, 0.3) is 11.8 Å². The molecule has 33 heavy (non-hydrogen) atoms. The molecule has 0 bridgehead atoms. The van der Waals surface area contributed by atoms with Crippen molar-refractivity contribution in [3.05, 3.63) is 94.0 Å². The topological polar surface area (TPSA) is 84.9 Å². The maximum atomic E-state index is 13.2. The van der Waals surface area contributed by atoms with Gasteiger partial charge in [-0.1, -0.05) is 46.3 Å². The Balaban J connectivity index is 1.66. The van der Waals surface area contributed by atoms with Crippen LogP contribution < -0.4 is 19.7 Å². The second kappa shape index (κ2) is 9.70. The maximum absolute atomic E-state index is 13.2. The van der Waals surface area contributed by atoms with E-state index in [4.69, 9.17) is 9.47 Å². The molecule has 1 aliphatic rings. The minimum Gasteiger partial charge on any atom is -0.497 e. The quantitative estimate of drug-likeness (QED) is 0.386. The van der Waals surface area contributed by atoms with Gasteiger partial charge >= 0.3 is 6.03 Å². The van der Waals surface area contributed by atoms with Crippen LogP contribution >= 0.6 is 15.9 Å². The van der Waals surface area contributed by atoms with Crippen molar-refractivity contribution in [3.8, 4) is 11.5 Å². The van der Waals surface area contributed by atoms with Gasteiger partial charge < -0.3 is 9.47 Å². The fraction of sp³-hybridized carbons (Fsp3) is 0.0800. The maximum Gasteiger partial charge on any atom is 0.335 e. The number of hydrogen-bond donors (Lipinski definition) is 1. The molecule has 0 radical (unpaired) electrons. The van der Waals surface area contributed by atoms with Crippen LogP contribution in [0.25, 0.3) is 6.08 Å². The van der Waals surface area contributed by atoms with E-state index in [0.29, 0.717) is 29.4 Å². The Morgan fingerprint density at radius 1 is 0.970 bits per heavy atom. The molecule has 1 saturated heterocycles. The molecule has 0 spiro atoms. The standard InChI is InChI=1S/C25H19BrN2O5/c1-32-20-10-8-19(9-11-20)28-24(30)21(23(29)27-25(28)31)14-17-13-18(26)7-12-22(17)33-15-16-5-3-2-4-6-16/h2-14H,15H2,1H3,(H,27,29,31)/b21-14+. The van der Waals surface area contributed by atoms with Gasteiger partial charge in [-0.3, -0.25) is 14.9 Å². The predicted molar refractivity (Wildman–Crippen MR) is 127 cm³/mol. The summed E-state index contributed by atoms with van der Waals surface area (Å²) in [4.78, 5) is 39.1. The molecule has 8 heteroatoms. The molecular formula is C25H19BrN2O5. The summed E-state index contributed by atoms with van der Waals surface area (Å²) in [5, 5.41) is 2.22. The summed E-state index contributed by atoms with van der Waals surface area (Å²) in [5.41, 5.74) is 1.61. The van der Waals surface area contributed by atoms with E-state index in [1.54, 1.807) is 42.5 Å². The van der Waals surface area contributed by atoms with E-state index in [1.165, 1.54) is 13.2 Å². The molecule has 1 N–H and O–H groups in total. The third-order valence-electron chi connectivity index (χ3n) is 4.94. The Labute approximate surface area is 198 Å². The van der Waals surface area contributed by atoms with Crippen molar-refractivity contribution < 1.29 is 23.9 Å². The average Bonchev–Trinajstić information content (AvgIpc) is 2.82. The van der Waals surface area contributed by atoms with Crippen LogP contribution in [0.4, 0.5) is 10.5 Å². The summed E-state index contributed by atoms with van der Waals surface area (Å²) in [5.74, 6) is -0.445. The third kappa shape index (κ3) is 4.96. The Bertz CT molecular complexity index is 1240. The number of urea groups is 1. The molecule has 1 heterocycles. The largest absolute Gasteiger partial charge is 0.497 e. The summed E-state index contributed by atoms with van der Waals surface area (Å²) in [6.07, 6.45) is 1.42. The first-order valence-electron chi connectivity index (χ1n) is 9.98. The number of carbonyl (C=O) groups is 3. The van der Waals surface area contributed by atoms with E-state index in [0.717, 1.165) is 14.9 Å². The monoisotopic (exact) mass is 506 g/mol. The van der Waals surface area contributed by atoms with E-state index in [1.807, 2.05) is 30.3 Å². The van der Waals surface area contributed by atoms with Crippen LogP contribution in [0.15, 0.2) is 82.8 Å². The molecule has 0 aliphatic carbocycles. The van der Waals surface area contributed by atoms with Crippen LogP contribution in [0.2, 0.25) is 0 Å². The smallest absolute Gasteiger partial charge is 0.335 e. The highest BCUT2D eigenvalue weighted by Gasteiger charge is 2.37. The molecule has 4 rings (SSSR count). The van der Waals surface area contributed by atoms with Gasteiger partial charge in [0, 0.05) is 10.0 Å². The fourth-order valence-electron chi connectivity index (χ4n) is 3.28. The van der Waals surface area contributed by atoms with Crippen LogP contribution in [0.5, 0.6) is 11.5 Å². The minimum absolute atomic E-state index is 0.187. The number of benzene rings is 3. The minimum atomic E-state index is -0.817. The number of carbonyl (C=O) groups excluding carboxylic acids is 3. The zero-order valence-electron chi connectivity index (χ0n) is 17.6. The highest BCUT2D eigenvalue weighted by Crippen LogP contribution is 2.29. The lowest BCUT2D eigenvalue weighted by atomic mass is 10.1. The number of nitrogens with zero attached hydrogens (tertiary/aromatic N) is 1. The molecule has 7 nitrogen and oxygen atoms in total. The number of imide groups is 2. The van der Waals surface area contributed by atoms with E-state index < -0.39 is 17.8 Å². The molecule has 1 aliphatic heterocycles. The molecule has 0 unspecified atom stereocenters. The number of nitrogens with one attached hydrogen (secondary N) is 1. The lowest BCUT2D eigenvalue weighted by Crippen LogP contribution is -2.54. The highest BCUT2D eigenvalue weighted by atomic mass is 79.9. The molecular weight excluding hydrogens is 488 g/mol. The van der Waals surface area contributed by atoms with Crippen LogP contribution in [0, 0.1) is 0 Å². The van der Waals surface area contributed by atoms with Crippen LogP contribution in [-0.4, -0.2) is 25.0 Å². The third-order valence-corrected chi connectivity index (χ3v) is 5.43. The number of hydrogen-bond acceptors (Lipinski definition) is 5. The fourth-order valence-corrected chi connectivity index (χ4v) is 3.66. The molecule has 3 aromatic carbocycles. The van der Waals surface area contributed by atoms with E-state index in [-0.39, 0.29) is 5.57 Å². The first-order valence-corrected chi connectivity index (χ1v) is 10.8. The number of methoxy groups -OCH3 is 1. The van der Waals surface area contributed by atoms with Crippen molar-refractivity contribution in [3.63, 3.8) is 0 Å². The zero-order valence-corrected chi connectivity index (χ0v) is 19.2. The van der Waals surface area contributed by atoms with Gasteiger partial charge in [-0.25, -0.2) is 9.69 Å². The van der Waals surface area contributed by atoms with Gasteiger partial charge in [0.1, 0.15) is 23.7 Å². The van der Waals surface area contributed by atoms with Gasteiger partial charge in [-0.2, -0.15) is 0 Å². The van der Waals surface area contributed by atoms with Gasteiger partial charge in [0.15, 0.2) is 0 Å². The summed E-state index contributed by atoms with van der Waals surface area (Å²) >= 11 is 3.41. The van der Waals surface area contributed by atoms with Gasteiger partial charge in [0.2, 0.25) is 0 Å². The number of anilines is 1. The van der Waals surface area contributed by atoms with Crippen molar-refractivity contribution in [2.75, 3.05) is 12.0 Å². The van der Waals surface area contributed by atoms with Gasteiger partial charge in [0.05, 0.1) is 12.8 Å². The first kappa shape index (κ1) is 22.3. The molecule has 0 atom stereocenters. The van der Waals surface area contributed by atoms with Crippen LogP contribution in [-0.2, 0) is 16.2 Å². The molecule has 0 aromatic heterocycles. The van der Waals surface area contributed by atoms with Crippen LogP contribution in [0.1, 0.15) is 11.1 Å². The highest BCUT2D eigenvalue weighted by molar-refractivity contribution is 9.10. The molecule has 0 saturated carbocycles. The summed E-state index contributed by atoms with van der Waals surface area (Å²) < 4.78 is 11.8. The summed E-state index contributed by atoms with van der Waals surface area (Å²) in [7, 11) is 1.52. The number of amides is 4. The first-order chi connectivity index (χ1) is 16.0. The average molecular weight is 507 g/mol. The van der Waals surface area contributed by atoms with Crippen molar-refractivity contribution in [2.45, 2.75) is 6.61 Å². The van der Waals surface area contributed by atoms with Crippen molar-refractivity contribution in [1.29, 1.82) is 0 Å². The van der Waals surface area contributed by atoms with Crippen molar-refractivity contribution >= 4 is 45.5 Å². The number of barbiturate groups is 1. The van der Waals surface area contributed by atoms with E-state index >= 15 is 0 Å². The van der Waals surface area contributed by atoms with Crippen LogP contribution in [0.3, 0.4) is 0 Å². The second-order valence-electron chi connectivity index (χ2n) is 7.11. The molecule has 3 aromatic rings. The lowest BCUT2D eigenvalue weighted by molar-refractivity contribution is -0.122. The van der Waals surface area contributed by atoms with Gasteiger partial charge in [-0.15, -0.1) is 0 Å². The lowest BCUT2D eigenvalue weighted by Gasteiger charge is -2.26. The Morgan fingerprint density at radius 2 is 1.70 bits per heavy atom. The Morgan fingerprint density at radius 3 is 2.39 bits per heavy atom.